The molecular formula is C22H32N4O2S. The van der Waals surface area contributed by atoms with Crippen molar-refractivity contribution in [3.8, 4) is 0 Å². The van der Waals surface area contributed by atoms with E-state index in [4.69, 9.17) is 4.98 Å². The van der Waals surface area contributed by atoms with Crippen molar-refractivity contribution in [2.75, 3.05) is 19.6 Å². The molecule has 0 aromatic carbocycles. The monoisotopic (exact) mass is 416 g/mol. The molecule has 1 saturated heterocycles. The summed E-state index contributed by atoms with van der Waals surface area (Å²) in [6.07, 6.45) is 8.92. The fraction of sp³-hybridized carbons (Fsp3) is 0.682. The number of amides is 1. The molecule has 0 bridgehead atoms. The number of fused-ring (bicyclic) bond motifs is 2. The minimum Gasteiger partial charge on any atom is -0.351 e. The standard InChI is InChI=1S/C22H32N4O2S/c1-15-9-5-7-12-25(15)13-8-11-23-20(27)19-16(2)18-21(29-19)24-17-10-4-3-6-14-26(17)22(18)28/h15H,3-14H2,1-2H3,(H,23,27)/t15-/m0/s1. The molecule has 0 unspecified atom stereocenters. The van der Waals surface area contributed by atoms with E-state index < -0.39 is 0 Å². The molecule has 2 aromatic rings. The van der Waals surface area contributed by atoms with Crippen LogP contribution in [0.4, 0.5) is 0 Å². The van der Waals surface area contributed by atoms with E-state index in [2.05, 4.69) is 17.1 Å². The van der Waals surface area contributed by atoms with Crippen LogP contribution in [0, 0.1) is 6.92 Å². The van der Waals surface area contributed by atoms with Crippen molar-refractivity contribution in [1.29, 1.82) is 0 Å². The van der Waals surface area contributed by atoms with Crippen molar-refractivity contribution in [2.45, 2.75) is 77.8 Å². The quantitative estimate of drug-likeness (QED) is 0.758. The van der Waals surface area contributed by atoms with E-state index in [0.717, 1.165) is 56.6 Å². The number of hydrogen-bond acceptors (Lipinski definition) is 5. The number of aromatic nitrogens is 2. The lowest BCUT2D eigenvalue weighted by molar-refractivity contribution is 0.0952. The summed E-state index contributed by atoms with van der Waals surface area (Å²) >= 11 is 1.37. The molecule has 0 spiro atoms. The van der Waals surface area contributed by atoms with Gasteiger partial charge < -0.3 is 10.2 Å². The van der Waals surface area contributed by atoms with Gasteiger partial charge in [-0.2, -0.15) is 0 Å². The van der Waals surface area contributed by atoms with Crippen molar-refractivity contribution in [3.63, 3.8) is 0 Å². The number of nitrogens with zero attached hydrogens (tertiary/aromatic N) is 3. The molecule has 6 nitrogen and oxygen atoms in total. The fourth-order valence-electron chi connectivity index (χ4n) is 4.68. The third-order valence-electron chi connectivity index (χ3n) is 6.47. The van der Waals surface area contributed by atoms with Gasteiger partial charge in [0.15, 0.2) is 0 Å². The predicted octanol–water partition coefficient (Wildman–Crippen LogP) is 3.49. The number of rotatable bonds is 5. The summed E-state index contributed by atoms with van der Waals surface area (Å²) in [5.74, 6) is 0.806. The van der Waals surface area contributed by atoms with Crippen molar-refractivity contribution in [2.24, 2.45) is 0 Å². The van der Waals surface area contributed by atoms with Gasteiger partial charge in [-0.15, -0.1) is 11.3 Å². The molecule has 1 atom stereocenters. The number of aryl methyl sites for hydroxylation is 2. The maximum Gasteiger partial charge on any atom is 0.262 e. The average molecular weight is 417 g/mol. The number of thiophene rings is 1. The average Bonchev–Trinajstić information content (AvgIpc) is 2.88. The van der Waals surface area contributed by atoms with Crippen LogP contribution >= 0.6 is 11.3 Å². The molecule has 1 amide bonds. The minimum absolute atomic E-state index is 0.0267. The van der Waals surface area contributed by atoms with E-state index in [9.17, 15) is 9.59 Å². The second-order valence-corrected chi connectivity index (χ2v) is 9.52. The first-order chi connectivity index (χ1) is 14.1. The maximum absolute atomic E-state index is 13.0. The van der Waals surface area contributed by atoms with Gasteiger partial charge in [0.2, 0.25) is 0 Å². The number of carbonyl (C=O) groups is 1. The number of carbonyl (C=O) groups excluding carboxylic acids is 1. The Kier molecular flexibility index (Phi) is 6.35. The van der Waals surface area contributed by atoms with Crippen molar-refractivity contribution < 1.29 is 4.79 Å². The molecule has 0 saturated carbocycles. The molecule has 7 heteroatoms. The largest absolute Gasteiger partial charge is 0.351 e. The number of nitrogens with one attached hydrogen (secondary N) is 1. The highest BCUT2D eigenvalue weighted by molar-refractivity contribution is 7.20. The van der Waals surface area contributed by atoms with Crippen molar-refractivity contribution >= 4 is 27.5 Å². The molecular weight excluding hydrogens is 384 g/mol. The van der Waals surface area contributed by atoms with Gasteiger partial charge in [-0.05, 0) is 58.1 Å². The van der Waals surface area contributed by atoms with E-state index in [1.54, 1.807) is 0 Å². The first-order valence-corrected chi connectivity index (χ1v) is 11.9. The SMILES string of the molecule is Cc1c(C(=O)NCCCN2CCCC[C@@H]2C)sc2nc3n(c(=O)c12)CCCCC3. The third kappa shape index (κ3) is 4.26. The van der Waals surface area contributed by atoms with Crippen molar-refractivity contribution in [3.05, 3.63) is 26.6 Å². The molecule has 1 N–H and O–H groups in total. The maximum atomic E-state index is 13.0. The second kappa shape index (κ2) is 8.96. The Balaban J connectivity index is 1.44. The van der Waals surface area contributed by atoms with Crippen LogP contribution in [0.5, 0.6) is 0 Å². The highest BCUT2D eigenvalue weighted by atomic mass is 32.1. The smallest absolute Gasteiger partial charge is 0.262 e. The highest BCUT2D eigenvalue weighted by Crippen LogP contribution is 2.28. The molecule has 0 radical (unpaired) electrons. The van der Waals surface area contributed by atoms with Gasteiger partial charge in [0.25, 0.3) is 11.5 Å². The zero-order valence-electron chi connectivity index (χ0n) is 17.6. The molecule has 0 aliphatic carbocycles. The second-order valence-electron chi connectivity index (χ2n) is 8.52. The van der Waals surface area contributed by atoms with Crippen LogP contribution in [0.3, 0.4) is 0 Å². The molecule has 2 aromatic heterocycles. The Morgan fingerprint density at radius 1 is 1.21 bits per heavy atom. The Labute approximate surface area is 176 Å². The van der Waals surface area contributed by atoms with E-state index in [1.807, 2.05) is 11.5 Å². The molecule has 4 rings (SSSR count). The predicted molar refractivity (Wildman–Crippen MR) is 118 cm³/mol. The first-order valence-electron chi connectivity index (χ1n) is 11.1. The molecule has 29 heavy (non-hydrogen) atoms. The summed E-state index contributed by atoms with van der Waals surface area (Å²) < 4.78 is 1.83. The van der Waals surface area contributed by atoms with E-state index in [1.165, 1.54) is 37.1 Å². The van der Waals surface area contributed by atoms with Crippen LogP contribution in [-0.4, -0.2) is 46.0 Å². The summed E-state index contributed by atoms with van der Waals surface area (Å²) in [5.41, 5.74) is 0.808. The van der Waals surface area contributed by atoms with Gasteiger partial charge in [-0.25, -0.2) is 4.98 Å². The normalized spacial score (nSPS) is 20.4. The summed E-state index contributed by atoms with van der Waals surface area (Å²) in [6.45, 7) is 7.79. The van der Waals surface area contributed by atoms with Crippen LogP contribution in [0.15, 0.2) is 4.79 Å². The van der Waals surface area contributed by atoms with Crippen LogP contribution in [0.25, 0.3) is 10.2 Å². The highest BCUT2D eigenvalue weighted by Gasteiger charge is 2.22. The molecule has 158 valence electrons. The topological polar surface area (TPSA) is 67.2 Å². The Bertz CT molecular complexity index is 948. The summed E-state index contributed by atoms with van der Waals surface area (Å²) in [7, 11) is 0. The summed E-state index contributed by atoms with van der Waals surface area (Å²) in [6, 6.07) is 0.651. The molecule has 2 aliphatic rings. The Morgan fingerprint density at radius 3 is 2.86 bits per heavy atom. The molecule has 1 fully saturated rings. The van der Waals surface area contributed by atoms with E-state index in [0.29, 0.717) is 27.7 Å². The number of piperidine rings is 1. The fourth-order valence-corrected chi connectivity index (χ4v) is 5.79. The summed E-state index contributed by atoms with van der Waals surface area (Å²) in [4.78, 5) is 34.5. The zero-order valence-corrected chi connectivity index (χ0v) is 18.4. The van der Waals surface area contributed by atoms with Gasteiger partial charge in [0.1, 0.15) is 10.7 Å². The zero-order chi connectivity index (χ0) is 20.4. The lowest BCUT2D eigenvalue weighted by atomic mass is 10.0. The first kappa shape index (κ1) is 20.5. The van der Waals surface area contributed by atoms with E-state index >= 15 is 0 Å². The van der Waals surface area contributed by atoms with Gasteiger partial charge >= 0.3 is 0 Å². The molecule has 2 aliphatic heterocycles. The third-order valence-corrected chi connectivity index (χ3v) is 7.65. The van der Waals surface area contributed by atoms with Crippen LogP contribution in [-0.2, 0) is 13.0 Å². The minimum atomic E-state index is -0.0724. The van der Waals surface area contributed by atoms with E-state index in [-0.39, 0.29) is 11.5 Å². The lowest BCUT2D eigenvalue weighted by Gasteiger charge is -2.33. The Hall–Kier alpha value is -1.73. The van der Waals surface area contributed by atoms with Gasteiger partial charge in [0, 0.05) is 32.1 Å². The van der Waals surface area contributed by atoms with Crippen LogP contribution in [0.1, 0.15) is 72.9 Å². The van der Waals surface area contributed by atoms with Gasteiger partial charge in [-0.1, -0.05) is 12.8 Å². The molecule has 4 heterocycles. The van der Waals surface area contributed by atoms with Gasteiger partial charge in [-0.3, -0.25) is 14.2 Å². The van der Waals surface area contributed by atoms with Crippen LogP contribution in [0.2, 0.25) is 0 Å². The number of hydrogen-bond donors (Lipinski definition) is 1. The number of likely N-dealkylation sites (tertiary alicyclic amines) is 1. The van der Waals surface area contributed by atoms with Gasteiger partial charge in [0.05, 0.1) is 10.3 Å². The Morgan fingerprint density at radius 2 is 2.03 bits per heavy atom. The lowest BCUT2D eigenvalue weighted by Crippen LogP contribution is -2.39. The summed E-state index contributed by atoms with van der Waals surface area (Å²) in [5, 5.41) is 3.69. The van der Waals surface area contributed by atoms with Crippen molar-refractivity contribution in [1.82, 2.24) is 19.8 Å². The van der Waals surface area contributed by atoms with Crippen LogP contribution < -0.4 is 10.9 Å².